The first-order valence-corrected chi connectivity index (χ1v) is 11.3. The minimum Gasteiger partial charge on any atom is -0.493 e. The van der Waals surface area contributed by atoms with E-state index in [0.717, 1.165) is 23.1 Å². The highest BCUT2D eigenvalue weighted by molar-refractivity contribution is 6.30. The highest BCUT2D eigenvalue weighted by Gasteiger charge is 2.14. The van der Waals surface area contributed by atoms with Crippen molar-refractivity contribution < 1.29 is 19.4 Å². The van der Waals surface area contributed by atoms with Crippen LogP contribution in [0.25, 0.3) is 6.08 Å². The van der Waals surface area contributed by atoms with E-state index < -0.39 is 11.8 Å². The lowest BCUT2D eigenvalue weighted by molar-refractivity contribution is -0.117. The molecule has 0 aliphatic heterocycles. The summed E-state index contributed by atoms with van der Waals surface area (Å²) in [5, 5.41) is 14.9. The quantitative estimate of drug-likeness (QED) is 0.382. The number of aliphatic hydroxyl groups excluding tert-OH is 1. The fraction of sp³-hybridized carbons (Fsp3) is 0.185. The molecule has 0 aliphatic carbocycles. The van der Waals surface area contributed by atoms with E-state index in [-0.39, 0.29) is 18.8 Å². The molecule has 3 aromatic carbocycles. The number of aliphatic hydroxyl groups is 1. The van der Waals surface area contributed by atoms with E-state index in [1.54, 1.807) is 30.3 Å². The lowest BCUT2D eigenvalue weighted by atomic mass is 10.1. The molecule has 0 heterocycles. The second-order valence-corrected chi connectivity index (χ2v) is 8.09. The fourth-order valence-corrected chi connectivity index (χ4v) is 3.21. The van der Waals surface area contributed by atoms with Crippen molar-refractivity contribution in [3.63, 3.8) is 0 Å². The number of ether oxygens (including phenoxy) is 1. The average Bonchev–Trinajstić information content (AvgIpc) is 2.85. The van der Waals surface area contributed by atoms with Gasteiger partial charge in [0, 0.05) is 23.6 Å². The van der Waals surface area contributed by atoms with Gasteiger partial charge in [-0.05, 0) is 60.5 Å². The van der Waals surface area contributed by atoms with Crippen LogP contribution in [0.2, 0.25) is 5.02 Å². The molecule has 0 saturated carbocycles. The van der Waals surface area contributed by atoms with Crippen LogP contribution in [0.5, 0.6) is 5.75 Å². The SMILES string of the molecule is Cc1ccc(/C=C(\NC(=O)c2ccc(OCCc3ccc(Cl)cc3)cc2)C(=O)NCCO)cc1. The predicted octanol–water partition coefficient (Wildman–Crippen LogP) is 4.15. The maximum Gasteiger partial charge on any atom is 0.267 e. The Balaban J connectivity index is 1.63. The number of amides is 2. The third-order valence-corrected chi connectivity index (χ3v) is 5.22. The lowest BCUT2D eigenvalue weighted by Gasteiger charge is -2.11. The smallest absolute Gasteiger partial charge is 0.267 e. The Kier molecular flexibility index (Phi) is 9.26. The van der Waals surface area contributed by atoms with Crippen molar-refractivity contribution in [2.45, 2.75) is 13.3 Å². The Morgan fingerprint density at radius 2 is 1.65 bits per heavy atom. The molecule has 176 valence electrons. The summed E-state index contributed by atoms with van der Waals surface area (Å²) >= 11 is 5.90. The van der Waals surface area contributed by atoms with Gasteiger partial charge in [0.25, 0.3) is 11.8 Å². The van der Waals surface area contributed by atoms with Crippen LogP contribution in [-0.2, 0) is 11.2 Å². The van der Waals surface area contributed by atoms with E-state index in [2.05, 4.69) is 10.6 Å². The number of carbonyl (C=O) groups excluding carboxylic acids is 2. The number of halogens is 1. The zero-order chi connectivity index (χ0) is 24.3. The lowest BCUT2D eigenvalue weighted by Crippen LogP contribution is -2.36. The van der Waals surface area contributed by atoms with Crippen molar-refractivity contribution in [3.8, 4) is 5.75 Å². The average molecular weight is 479 g/mol. The molecule has 0 spiro atoms. The van der Waals surface area contributed by atoms with Gasteiger partial charge >= 0.3 is 0 Å². The zero-order valence-electron chi connectivity index (χ0n) is 18.9. The Hall–Kier alpha value is -3.61. The number of benzene rings is 3. The fourth-order valence-electron chi connectivity index (χ4n) is 3.09. The van der Waals surface area contributed by atoms with Crippen molar-refractivity contribution in [2.24, 2.45) is 0 Å². The second-order valence-electron chi connectivity index (χ2n) is 7.65. The van der Waals surface area contributed by atoms with E-state index in [4.69, 9.17) is 21.4 Å². The van der Waals surface area contributed by atoms with Crippen LogP contribution >= 0.6 is 11.6 Å². The normalized spacial score (nSPS) is 11.1. The molecule has 0 bridgehead atoms. The highest BCUT2D eigenvalue weighted by atomic mass is 35.5. The zero-order valence-corrected chi connectivity index (χ0v) is 19.6. The van der Waals surface area contributed by atoms with E-state index in [0.29, 0.717) is 22.9 Å². The molecular formula is C27H27ClN2O4. The van der Waals surface area contributed by atoms with Crippen molar-refractivity contribution >= 4 is 29.5 Å². The molecule has 0 atom stereocenters. The van der Waals surface area contributed by atoms with Gasteiger partial charge in [-0.1, -0.05) is 53.6 Å². The summed E-state index contributed by atoms with van der Waals surface area (Å²) in [4.78, 5) is 25.3. The van der Waals surface area contributed by atoms with Crippen LogP contribution in [0, 0.1) is 6.92 Å². The molecule has 3 aromatic rings. The molecule has 0 fully saturated rings. The number of nitrogens with one attached hydrogen (secondary N) is 2. The molecule has 0 aromatic heterocycles. The molecular weight excluding hydrogens is 452 g/mol. The number of carbonyl (C=O) groups is 2. The molecule has 6 nitrogen and oxygen atoms in total. The van der Waals surface area contributed by atoms with Crippen LogP contribution in [-0.4, -0.2) is 36.7 Å². The third-order valence-electron chi connectivity index (χ3n) is 4.97. The first-order chi connectivity index (χ1) is 16.4. The molecule has 0 unspecified atom stereocenters. The van der Waals surface area contributed by atoms with Crippen LogP contribution in [0.3, 0.4) is 0 Å². The van der Waals surface area contributed by atoms with Crippen LogP contribution < -0.4 is 15.4 Å². The van der Waals surface area contributed by atoms with Gasteiger partial charge in [-0.2, -0.15) is 0 Å². The molecule has 0 saturated heterocycles. The summed E-state index contributed by atoms with van der Waals surface area (Å²) in [7, 11) is 0. The van der Waals surface area contributed by atoms with Crippen molar-refractivity contribution in [3.05, 3.63) is 106 Å². The molecule has 7 heteroatoms. The van der Waals surface area contributed by atoms with Gasteiger partial charge in [0.1, 0.15) is 11.4 Å². The summed E-state index contributed by atoms with van der Waals surface area (Å²) in [6.45, 7) is 2.34. The Labute approximate surface area is 204 Å². The number of hydrogen-bond donors (Lipinski definition) is 3. The van der Waals surface area contributed by atoms with E-state index in [1.165, 1.54) is 0 Å². The monoisotopic (exact) mass is 478 g/mol. The van der Waals surface area contributed by atoms with Gasteiger partial charge < -0.3 is 20.5 Å². The summed E-state index contributed by atoms with van der Waals surface area (Å²) in [5.41, 5.74) is 3.45. The second kappa shape index (κ2) is 12.6. The van der Waals surface area contributed by atoms with E-state index >= 15 is 0 Å². The molecule has 3 N–H and O–H groups in total. The van der Waals surface area contributed by atoms with Gasteiger partial charge in [0.2, 0.25) is 0 Å². The predicted molar refractivity (Wildman–Crippen MR) is 134 cm³/mol. The maximum absolute atomic E-state index is 12.8. The van der Waals surface area contributed by atoms with Crippen molar-refractivity contribution in [1.82, 2.24) is 10.6 Å². The number of aryl methyl sites for hydroxylation is 1. The molecule has 0 aliphatic rings. The summed E-state index contributed by atoms with van der Waals surface area (Å²) < 4.78 is 5.76. The van der Waals surface area contributed by atoms with Crippen LogP contribution in [0.4, 0.5) is 0 Å². The first-order valence-electron chi connectivity index (χ1n) is 10.9. The van der Waals surface area contributed by atoms with Gasteiger partial charge in [0.15, 0.2) is 0 Å². The highest BCUT2D eigenvalue weighted by Crippen LogP contribution is 2.15. The summed E-state index contributed by atoms with van der Waals surface area (Å²) in [6, 6.07) is 21.9. The maximum atomic E-state index is 12.8. The van der Waals surface area contributed by atoms with Gasteiger partial charge in [-0.15, -0.1) is 0 Å². The Morgan fingerprint density at radius 3 is 2.29 bits per heavy atom. The standard InChI is InChI=1S/C27H27ClN2O4/c1-19-2-4-21(5-3-19)18-25(27(33)29-15-16-31)30-26(32)22-8-12-24(13-9-22)34-17-14-20-6-10-23(28)11-7-20/h2-13,18,31H,14-17H2,1H3,(H,29,33)(H,30,32)/b25-18-. The number of hydrogen-bond acceptors (Lipinski definition) is 4. The van der Waals surface area contributed by atoms with Crippen LogP contribution in [0.1, 0.15) is 27.0 Å². The van der Waals surface area contributed by atoms with Gasteiger partial charge in [-0.25, -0.2) is 0 Å². The largest absolute Gasteiger partial charge is 0.493 e. The minimum atomic E-state index is -0.481. The molecule has 2 amide bonds. The number of rotatable bonds is 10. The third kappa shape index (κ3) is 7.76. The Bertz CT molecular complexity index is 1120. The summed E-state index contributed by atoms with van der Waals surface area (Å²) in [5.74, 6) is -0.267. The Morgan fingerprint density at radius 1 is 0.971 bits per heavy atom. The molecule has 3 rings (SSSR count). The van der Waals surface area contributed by atoms with Crippen molar-refractivity contribution in [1.29, 1.82) is 0 Å². The van der Waals surface area contributed by atoms with Crippen LogP contribution in [0.15, 0.2) is 78.5 Å². The van der Waals surface area contributed by atoms with Gasteiger partial charge in [0.05, 0.1) is 13.2 Å². The van der Waals surface area contributed by atoms with Gasteiger partial charge in [-0.3, -0.25) is 9.59 Å². The molecule has 0 radical (unpaired) electrons. The van der Waals surface area contributed by atoms with E-state index in [1.807, 2.05) is 55.5 Å². The minimum absolute atomic E-state index is 0.0853. The topological polar surface area (TPSA) is 87.7 Å². The van der Waals surface area contributed by atoms with E-state index in [9.17, 15) is 9.59 Å². The van der Waals surface area contributed by atoms with Crippen molar-refractivity contribution in [2.75, 3.05) is 19.8 Å². The summed E-state index contributed by atoms with van der Waals surface area (Å²) in [6.07, 6.45) is 2.33. The first kappa shape index (κ1) is 25.0. The molecule has 34 heavy (non-hydrogen) atoms.